The third kappa shape index (κ3) is 5.65. The summed E-state index contributed by atoms with van der Waals surface area (Å²) in [7, 11) is 0. The Bertz CT molecular complexity index is 4020. The van der Waals surface area contributed by atoms with Crippen molar-refractivity contribution in [2.24, 2.45) is 11.8 Å². The molecule has 0 amide bonds. The molecule has 5 aliphatic carbocycles. The first-order chi connectivity index (χ1) is 36.3. The monoisotopic (exact) mass is 945 g/mol. The van der Waals surface area contributed by atoms with E-state index in [4.69, 9.17) is 0 Å². The molecule has 0 N–H and O–H groups in total. The summed E-state index contributed by atoms with van der Waals surface area (Å²) in [6.07, 6.45) is 7.71. The van der Waals surface area contributed by atoms with Gasteiger partial charge in [-0.2, -0.15) is 0 Å². The Morgan fingerprint density at radius 1 is 0.392 bits per heavy atom. The fraction of sp³-hybridized carbons (Fsp3) is 0.123. The number of hydrogen-bond acceptors (Lipinski definition) is 1. The molecule has 1 spiro atoms. The van der Waals surface area contributed by atoms with Crippen molar-refractivity contribution < 1.29 is 0 Å². The largest absolute Gasteiger partial charge is 0.313 e. The smallest absolute Gasteiger partial charge is 0.0726 e. The summed E-state index contributed by atoms with van der Waals surface area (Å²) < 4.78 is 0. The molecule has 4 unspecified atom stereocenters. The van der Waals surface area contributed by atoms with Gasteiger partial charge in [0.2, 0.25) is 0 Å². The Morgan fingerprint density at radius 3 is 1.61 bits per heavy atom. The molecule has 5 aliphatic rings. The van der Waals surface area contributed by atoms with Crippen LogP contribution in [0.5, 0.6) is 0 Å². The SMILES string of the molecule is CC1C=CC2(C)C3=C1C(C)C=C(N(c1ccc(-c4cccc5ccccc45)cc1)c1ccc4c(c1)C1(c5ccccc5-c5ccccc51)c1ccccc1-4)C3(C)c1cccc(-c3ccccc3)c1-c1ccccc12. The summed E-state index contributed by atoms with van der Waals surface area (Å²) in [5, 5.41) is 2.51. The average molecular weight is 946 g/mol. The third-order valence-corrected chi connectivity index (χ3v) is 18.1. The van der Waals surface area contributed by atoms with E-state index in [1.165, 1.54) is 117 Å². The molecule has 0 saturated carbocycles. The molecule has 0 bridgehead atoms. The molecule has 352 valence electrons. The van der Waals surface area contributed by atoms with Crippen molar-refractivity contribution in [2.75, 3.05) is 4.90 Å². The Labute approximate surface area is 435 Å². The molecular formula is C73H55N. The first-order valence-corrected chi connectivity index (χ1v) is 26.6. The van der Waals surface area contributed by atoms with Crippen LogP contribution in [0.25, 0.3) is 66.4 Å². The molecule has 10 aromatic rings. The van der Waals surface area contributed by atoms with E-state index >= 15 is 0 Å². The lowest BCUT2D eigenvalue weighted by molar-refractivity contribution is 0.469. The second-order valence-corrected chi connectivity index (χ2v) is 21.8. The van der Waals surface area contributed by atoms with Gasteiger partial charge in [-0.15, -0.1) is 0 Å². The highest BCUT2D eigenvalue weighted by molar-refractivity contribution is 5.99. The number of allylic oxidation sites excluding steroid dienone is 5. The van der Waals surface area contributed by atoms with E-state index in [0.29, 0.717) is 0 Å². The predicted octanol–water partition coefficient (Wildman–Crippen LogP) is 18.6. The van der Waals surface area contributed by atoms with Crippen molar-refractivity contribution in [3.63, 3.8) is 0 Å². The minimum Gasteiger partial charge on any atom is -0.313 e. The van der Waals surface area contributed by atoms with Gasteiger partial charge in [0.1, 0.15) is 0 Å². The Morgan fingerprint density at radius 2 is 0.905 bits per heavy atom. The Balaban J connectivity index is 1.03. The first kappa shape index (κ1) is 43.1. The van der Waals surface area contributed by atoms with Gasteiger partial charge in [-0.1, -0.05) is 244 Å². The maximum Gasteiger partial charge on any atom is 0.0726 e. The standard InChI is InChI=1S/C73H55N/c1-46-42-43-71(3)61-31-14-13-28-60(61)69-55(49-20-6-5-7-21-49)30-19-35-65(69)72(4)67(44-47(2)68(46)70(71)72)74(51-38-36-50(37-39-51)54-29-18-23-48-22-8-9-24-53(48)54)52-40-41-59-58-27-12-17-34-64(58)73(66(59)45-52)62-32-15-10-25-56(62)57-26-11-16-33-63(57)73/h5-47H,1-4H3. The van der Waals surface area contributed by atoms with Crippen LogP contribution in [0.2, 0.25) is 0 Å². The van der Waals surface area contributed by atoms with Crippen LogP contribution in [0.4, 0.5) is 11.4 Å². The van der Waals surface area contributed by atoms with Gasteiger partial charge in [0.25, 0.3) is 0 Å². The van der Waals surface area contributed by atoms with Crippen LogP contribution >= 0.6 is 0 Å². The van der Waals surface area contributed by atoms with E-state index in [0.717, 1.165) is 11.4 Å². The van der Waals surface area contributed by atoms with Gasteiger partial charge >= 0.3 is 0 Å². The predicted molar refractivity (Wildman–Crippen MR) is 309 cm³/mol. The maximum atomic E-state index is 2.68. The molecule has 15 rings (SSSR count). The van der Waals surface area contributed by atoms with Crippen LogP contribution in [0.1, 0.15) is 61.1 Å². The summed E-state index contributed by atoms with van der Waals surface area (Å²) >= 11 is 0. The number of anilines is 2. The fourth-order valence-electron chi connectivity index (χ4n) is 15.1. The van der Waals surface area contributed by atoms with Gasteiger partial charge in [0, 0.05) is 22.5 Å². The number of hydrogen-bond donors (Lipinski definition) is 0. The third-order valence-electron chi connectivity index (χ3n) is 18.1. The highest BCUT2D eigenvalue weighted by atomic mass is 15.2. The van der Waals surface area contributed by atoms with E-state index in [1.54, 1.807) is 0 Å². The fourth-order valence-corrected chi connectivity index (χ4v) is 15.1. The quantitative estimate of drug-likeness (QED) is 0.155. The minimum atomic E-state index is -0.602. The minimum absolute atomic E-state index is 0.162. The summed E-state index contributed by atoms with van der Waals surface area (Å²) in [6.45, 7) is 9.97. The topological polar surface area (TPSA) is 3.24 Å². The highest BCUT2D eigenvalue weighted by Gasteiger charge is 2.56. The molecule has 0 radical (unpaired) electrons. The van der Waals surface area contributed by atoms with Gasteiger partial charge < -0.3 is 4.90 Å². The zero-order valence-corrected chi connectivity index (χ0v) is 42.3. The van der Waals surface area contributed by atoms with E-state index in [1.807, 2.05) is 0 Å². The lowest BCUT2D eigenvalue weighted by Crippen LogP contribution is -2.47. The zero-order chi connectivity index (χ0) is 49.5. The Hall–Kier alpha value is -8.52. The number of nitrogens with zero attached hydrogens (tertiary/aromatic N) is 1. The summed E-state index contributed by atoms with van der Waals surface area (Å²) in [5.41, 5.74) is 26.0. The first-order valence-electron chi connectivity index (χ1n) is 26.6. The summed E-state index contributed by atoms with van der Waals surface area (Å²) in [4.78, 5) is 2.68. The molecule has 74 heavy (non-hydrogen) atoms. The average Bonchev–Trinajstić information content (AvgIpc) is 4.08. The molecular weight excluding hydrogens is 891 g/mol. The van der Waals surface area contributed by atoms with Crippen molar-refractivity contribution in [1.82, 2.24) is 0 Å². The van der Waals surface area contributed by atoms with Gasteiger partial charge in [0.05, 0.1) is 10.8 Å². The van der Waals surface area contributed by atoms with Crippen molar-refractivity contribution in [2.45, 2.75) is 43.9 Å². The number of fused-ring (bicyclic) bond motifs is 16. The summed E-state index contributed by atoms with van der Waals surface area (Å²) in [5.74, 6) is 0.431. The van der Waals surface area contributed by atoms with E-state index in [2.05, 4.69) is 281 Å². The van der Waals surface area contributed by atoms with Crippen molar-refractivity contribution in [3.8, 4) is 55.6 Å². The second kappa shape index (κ2) is 15.7. The molecule has 0 heterocycles. The summed E-state index contributed by atoms with van der Waals surface area (Å²) in [6, 6.07) is 87.5. The van der Waals surface area contributed by atoms with E-state index in [-0.39, 0.29) is 11.8 Å². The van der Waals surface area contributed by atoms with Gasteiger partial charge in [0.15, 0.2) is 0 Å². The lowest BCUT2D eigenvalue weighted by atomic mass is 9.54. The van der Waals surface area contributed by atoms with Crippen LogP contribution in [-0.4, -0.2) is 0 Å². The highest BCUT2D eigenvalue weighted by Crippen LogP contribution is 2.66. The van der Waals surface area contributed by atoms with Gasteiger partial charge in [-0.3, -0.25) is 0 Å². The van der Waals surface area contributed by atoms with Gasteiger partial charge in [-0.05, 0) is 155 Å². The molecule has 4 atom stereocenters. The van der Waals surface area contributed by atoms with Crippen LogP contribution in [0, 0.1) is 11.8 Å². The Kier molecular flexibility index (Phi) is 9.17. The maximum absolute atomic E-state index is 2.68. The zero-order valence-electron chi connectivity index (χ0n) is 42.3. The molecule has 0 aliphatic heterocycles. The molecule has 1 nitrogen and oxygen atoms in total. The van der Waals surface area contributed by atoms with Crippen molar-refractivity contribution in [3.05, 3.63) is 299 Å². The molecule has 0 fully saturated rings. The van der Waals surface area contributed by atoms with Crippen molar-refractivity contribution in [1.29, 1.82) is 0 Å². The van der Waals surface area contributed by atoms with E-state index in [9.17, 15) is 0 Å². The molecule has 1 heteroatoms. The van der Waals surface area contributed by atoms with E-state index < -0.39 is 16.2 Å². The van der Waals surface area contributed by atoms with Crippen LogP contribution < -0.4 is 4.90 Å². The second-order valence-electron chi connectivity index (χ2n) is 21.8. The van der Waals surface area contributed by atoms with Crippen molar-refractivity contribution >= 4 is 22.1 Å². The molecule has 10 aromatic carbocycles. The molecule has 0 aromatic heterocycles. The van der Waals surface area contributed by atoms with Crippen LogP contribution in [-0.2, 0) is 16.2 Å². The number of benzene rings is 10. The van der Waals surface area contributed by atoms with Crippen LogP contribution in [0.3, 0.4) is 0 Å². The van der Waals surface area contributed by atoms with Crippen LogP contribution in [0.15, 0.2) is 266 Å². The number of rotatable bonds is 5. The normalized spacial score (nSPS) is 20.9. The molecule has 0 saturated heterocycles. The lowest BCUT2D eigenvalue weighted by Gasteiger charge is -2.52. The van der Waals surface area contributed by atoms with Gasteiger partial charge in [-0.25, -0.2) is 0 Å².